The van der Waals surface area contributed by atoms with Crippen LogP contribution in [0.2, 0.25) is 0 Å². The minimum absolute atomic E-state index is 0.158. The zero-order chi connectivity index (χ0) is 23.9. The van der Waals surface area contributed by atoms with E-state index in [1.165, 1.54) is 16.8 Å². The zero-order valence-electron chi connectivity index (χ0n) is 18.0. The Morgan fingerprint density at radius 1 is 1.03 bits per heavy atom. The number of hydrogen-bond donors (Lipinski definition) is 2. The van der Waals surface area contributed by atoms with Gasteiger partial charge in [-0.05, 0) is 47.5 Å². The molecular formula is C24H19F3N6O. The molecule has 0 saturated heterocycles. The average Bonchev–Trinajstić information content (AvgIpc) is 3.54. The van der Waals surface area contributed by atoms with Crippen molar-refractivity contribution in [2.45, 2.75) is 12.6 Å². The fraction of sp³-hybridized carbons (Fsp3) is 0.125. The third-order valence-corrected chi connectivity index (χ3v) is 5.45. The van der Waals surface area contributed by atoms with E-state index in [-0.39, 0.29) is 12.3 Å². The first-order chi connectivity index (χ1) is 16.3. The van der Waals surface area contributed by atoms with Gasteiger partial charge in [0.05, 0.1) is 35.8 Å². The van der Waals surface area contributed by atoms with Crippen LogP contribution >= 0.6 is 0 Å². The lowest BCUT2D eigenvalue weighted by Gasteiger charge is -2.07. The second-order valence-corrected chi connectivity index (χ2v) is 7.93. The van der Waals surface area contributed by atoms with Crippen molar-refractivity contribution in [3.05, 3.63) is 84.6 Å². The maximum atomic E-state index is 12.8. The highest BCUT2D eigenvalue weighted by Crippen LogP contribution is 2.31. The highest BCUT2D eigenvalue weighted by molar-refractivity contribution is 6.03. The van der Waals surface area contributed by atoms with E-state index >= 15 is 0 Å². The second kappa shape index (κ2) is 8.22. The Balaban J connectivity index is 1.37. The van der Waals surface area contributed by atoms with Crippen LogP contribution < -0.4 is 5.32 Å². The van der Waals surface area contributed by atoms with E-state index in [9.17, 15) is 18.0 Å². The number of anilines is 1. The van der Waals surface area contributed by atoms with Crippen molar-refractivity contribution in [2.75, 3.05) is 5.32 Å². The topological polar surface area (TPSA) is 80.5 Å². The first-order valence-corrected chi connectivity index (χ1v) is 10.4. The summed E-state index contributed by atoms with van der Waals surface area (Å²) in [5.41, 5.74) is 3.78. The Morgan fingerprint density at radius 3 is 2.53 bits per heavy atom. The fourth-order valence-electron chi connectivity index (χ4n) is 3.76. The van der Waals surface area contributed by atoms with Crippen LogP contribution in [0.25, 0.3) is 27.7 Å². The first kappa shape index (κ1) is 21.5. The number of rotatable bonds is 5. The van der Waals surface area contributed by atoms with E-state index < -0.39 is 11.7 Å². The lowest BCUT2D eigenvalue weighted by Crippen LogP contribution is -2.13. The Kier molecular flexibility index (Phi) is 5.20. The van der Waals surface area contributed by atoms with Crippen molar-refractivity contribution in [3.8, 4) is 16.8 Å². The lowest BCUT2D eigenvalue weighted by molar-refractivity contribution is -0.137. The molecule has 3 aromatic heterocycles. The van der Waals surface area contributed by atoms with Crippen LogP contribution in [0.1, 0.15) is 11.1 Å². The van der Waals surface area contributed by atoms with Gasteiger partial charge < -0.3 is 10.3 Å². The number of fused-ring (bicyclic) bond motifs is 1. The predicted molar refractivity (Wildman–Crippen MR) is 121 cm³/mol. The number of benzene rings is 2. The number of carbonyl (C=O) groups excluding carboxylic acids is 1. The highest BCUT2D eigenvalue weighted by Gasteiger charge is 2.30. The summed E-state index contributed by atoms with van der Waals surface area (Å²) in [5.74, 6) is -0.158. The molecule has 0 aliphatic heterocycles. The van der Waals surface area contributed by atoms with Crippen LogP contribution in [0.3, 0.4) is 0 Å². The molecule has 0 fully saturated rings. The normalized spacial score (nSPS) is 11.8. The van der Waals surface area contributed by atoms with Crippen molar-refractivity contribution in [3.63, 3.8) is 0 Å². The van der Waals surface area contributed by atoms with Crippen LogP contribution in [0.4, 0.5) is 18.9 Å². The maximum absolute atomic E-state index is 12.8. The zero-order valence-corrected chi connectivity index (χ0v) is 18.0. The van der Waals surface area contributed by atoms with Gasteiger partial charge in [0.1, 0.15) is 0 Å². The number of amides is 1. The number of hydrogen-bond acceptors (Lipinski definition) is 3. The monoisotopic (exact) mass is 464 g/mol. The number of halogens is 3. The predicted octanol–water partition coefficient (Wildman–Crippen LogP) is 4.95. The Labute approximate surface area is 191 Å². The van der Waals surface area contributed by atoms with Gasteiger partial charge in [-0.3, -0.25) is 9.48 Å². The van der Waals surface area contributed by atoms with E-state index in [1.54, 1.807) is 42.7 Å². The summed E-state index contributed by atoms with van der Waals surface area (Å²) in [5, 5.41) is 12.1. The Bertz CT molecular complexity index is 1480. The third-order valence-electron chi connectivity index (χ3n) is 5.45. The maximum Gasteiger partial charge on any atom is 0.416 e. The SMILES string of the molecule is Cn1cc(CC(=O)Nc2c[nH]c3ccc(-c4cnn(-c5ccc(C(F)(F)F)cc5)c4)cc23)cn1. The van der Waals surface area contributed by atoms with Crippen molar-refractivity contribution < 1.29 is 18.0 Å². The standard InChI is InChI=1S/C24H19F3N6O/c1-32-13-15(10-29-32)8-23(34)31-22-12-28-21-7-2-16(9-20(21)22)17-11-30-33(14-17)19-5-3-18(4-6-19)24(25,26)27/h2-7,9-14,28H,8H2,1H3,(H,31,34). The molecule has 0 atom stereocenters. The first-order valence-electron chi connectivity index (χ1n) is 10.4. The smallest absolute Gasteiger partial charge is 0.359 e. The Hall–Kier alpha value is -4.34. The van der Waals surface area contributed by atoms with E-state index in [1.807, 2.05) is 18.2 Å². The number of alkyl halides is 3. The highest BCUT2D eigenvalue weighted by atomic mass is 19.4. The Morgan fingerprint density at radius 2 is 1.82 bits per heavy atom. The second-order valence-electron chi connectivity index (χ2n) is 7.93. The summed E-state index contributed by atoms with van der Waals surface area (Å²) >= 11 is 0. The molecule has 0 saturated carbocycles. The molecule has 7 nitrogen and oxygen atoms in total. The third kappa shape index (κ3) is 4.29. The van der Waals surface area contributed by atoms with Crippen molar-refractivity contribution >= 4 is 22.5 Å². The van der Waals surface area contributed by atoms with Crippen LogP contribution in [-0.4, -0.2) is 30.5 Å². The molecule has 3 heterocycles. The molecular weight excluding hydrogens is 445 g/mol. The van der Waals surface area contributed by atoms with Gasteiger partial charge in [0, 0.05) is 42.1 Å². The summed E-state index contributed by atoms with van der Waals surface area (Å²) in [4.78, 5) is 15.6. The van der Waals surface area contributed by atoms with Gasteiger partial charge in [0.15, 0.2) is 0 Å². The number of H-pyrrole nitrogens is 1. The van der Waals surface area contributed by atoms with Gasteiger partial charge in [-0.1, -0.05) is 6.07 Å². The van der Waals surface area contributed by atoms with Crippen LogP contribution in [0.5, 0.6) is 0 Å². The number of aryl methyl sites for hydroxylation is 1. The number of aromatic amines is 1. The molecule has 2 N–H and O–H groups in total. The summed E-state index contributed by atoms with van der Waals surface area (Å²) in [7, 11) is 1.79. The molecule has 0 aliphatic rings. The summed E-state index contributed by atoms with van der Waals surface area (Å²) in [6.07, 6.45) is 4.40. The number of nitrogens with one attached hydrogen (secondary N) is 2. The fourth-order valence-corrected chi connectivity index (χ4v) is 3.76. The van der Waals surface area contributed by atoms with Crippen LogP contribution in [0.15, 0.2) is 73.4 Å². The van der Waals surface area contributed by atoms with Crippen LogP contribution in [0, 0.1) is 0 Å². The molecule has 0 bridgehead atoms. The summed E-state index contributed by atoms with van der Waals surface area (Å²) in [6.45, 7) is 0. The molecule has 0 aliphatic carbocycles. The number of nitrogens with zero attached hydrogens (tertiary/aromatic N) is 4. The van der Waals surface area contributed by atoms with Gasteiger partial charge in [-0.2, -0.15) is 23.4 Å². The molecule has 5 aromatic rings. The molecule has 0 radical (unpaired) electrons. The molecule has 34 heavy (non-hydrogen) atoms. The van der Waals surface area contributed by atoms with Gasteiger partial charge >= 0.3 is 6.18 Å². The number of aromatic nitrogens is 5. The summed E-state index contributed by atoms with van der Waals surface area (Å²) < 4.78 is 41.6. The van der Waals surface area contributed by atoms with Gasteiger partial charge in [0.2, 0.25) is 5.91 Å². The molecule has 2 aromatic carbocycles. The van der Waals surface area contributed by atoms with E-state index in [0.29, 0.717) is 11.4 Å². The molecule has 0 unspecified atom stereocenters. The lowest BCUT2D eigenvalue weighted by atomic mass is 10.1. The summed E-state index contributed by atoms with van der Waals surface area (Å²) in [6, 6.07) is 10.6. The van der Waals surface area contributed by atoms with Crippen molar-refractivity contribution in [2.24, 2.45) is 7.05 Å². The van der Waals surface area contributed by atoms with Crippen molar-refractivity contribution in [1.82, 2.24) is 24.5 Å². The van der Waals surface area contributed by atoms with Crippen LogP contribution in [-0.2, 0) is 24.4 Å². The van der Waals surface area contributed by atoms with Gasteiger partial charge in [-0.25, -0.2) is 4.68 Å². The minimum Gasteiger partial charge on any atom is -0.359 e. The molecule has 1 amide bonds. The minimum atomic E-state index is -4.38. The average molecular weight is 464 g/mol. The van der Waals surface area contributed by atoms with Crippen molar-refractivity contribution in [1.29, 1.82) is 0 Å². The largest absolute Gasteiger partial charge is 0.416 e. The molecule has 0 spiro atoms. The molecule has 10 heteroatoms. The van der Waals surface area contributed by atoms with E-state index in [0.717, 1.165) is 39.7 Å². The van der Waals surface area contributed by atoms with E-state index in [2.05, 4.69) is 20.5 Å². The number of carbonyl (C=O) groups is 1. The quantitative estimate of drug-likeness (QED) is 0.386. The molecule has 5 rings (SSSR count). The molecule has 172 valence electrons. The van der Waals surface area contributed by atoms with Gasteiger partial charge in [-0.15, -0.1) is 0 Å². The van der Waals surface area contributed by atoms with E-state index in [4.69, 9.17) is 0 Å². The van der Waals surface area contributed by atoms with Gasteiger partial charge in [0.25, 0.3) is 0 Å².